The molecule has 2 heterocycles. The summed E-state index contributed by atoms with van der Waals surface area (Å²) in [5, 5.41) is 10.8. The lowest BCUT2D eigenvalue weighted by Crippen LogP contribution is -2.55. The molecule has 0 bridgehead atoms. The van der Waals surface area contributed by atoms with Gasteiger partial charge in [-0.1, -0.05) is 12.8 Å². The molecule has 28 heavy (non-hydrogen) atoms. The third-order valence-electron chi connectivity index (χ3n) is 6.74. The van der Waals surface area contributed by atoms with Crippen LogP contribution >= 0.6 is 0 Å². The second-order valence-corrected chi connectivity index (χ2v) is 8.56. The quantitative estimate of drug-likeness (QED) is 0.791. The van der Waals surface area contributed by atoms with E-state index in [-0.39, 0.29) is 29.6 Å². The van der Waals surface area contributed by atoms with Gasteiger partial charge in [0.25, 0.3) is 0 Å². The van der Waals surface area contributed by atoms with Gasteiger partial charge in [-0.05, 0) is 45.4 Å². The van der Waals surface area contributed by atoms with E-state index in [9.17, 15) is 23.1 Å². The lowest BCUT2D eigenvalue weighted by Gasteiger charge is -2.48. The van der Waals surface area contributed by atoms with Gasteiger partial charge >= 0.3 is 6.18 Å². The second-order valence-electron chi connectivity index (χ2n) is 8.56. The molecule has 0 aromatic carbocycles. The fraction of sp³-hybridized carbons (Fsp3) is 0.750. The van der Waals surface area contributed by atoms with E-state index in [0.29, 0.717) is 38.0 Å². The number of aryl methyl sites for hydroxylation is 2. The maximum Gasteiger partial charge on any atom is 0.433 e. The monoisotopic (exact) mass is 397 g/mol. The van der Waals surface area contributed by atoms with Crippen molar-refractivity contribution in [1.82, 2.24) is 14.9 Å². The molecule has 3 atom stereocenters. The molecule has 4 rings (SSSR count). The Morgan fingerprint density at radius 3 is 2.75 bits per heavy atom. The highest BCUT2D eigenvalue weighted by molar-refractivity contribution is 5.79. The van der Waals surface area contributed by atoms with E-state index in [1.54, 1.807) is 4.90 Å². The van der Waals surface area contributed by atoms with E-state index in [0.717, 1.165) is 25.7 Å². The molecule has 0 radical (unpaired) electrons. The molecule has 2 aliphatic carbocycles. The maximum atomic E-state index is 13.5. The third kappa shape index (κ3) is 3.51. The van der Waals surface area contributed by atoms with Crippen LogP contribution < -0.4 is 0 Å². The summed E-state index contributed by atoms with van der Waals surface area (Å²) in [7, 11) is 0. The first kappa shape index (κ1) is 19.6. The van der Waals surface area contributed by atoms with E-state index in [1.165, 1.54) is 6.92 Å². The van der Waals surface area contributed by atoms with Crippen LogP contribution in [0.3, 0.4) is 0 Å². The van der Waals surface area contributed by atoms with Crippen LogP contribution in [0.25, 0.3) is 0 Å². The summed E-state index contributed by atoms with van der Waals surface area (Å²) in [4.78, 5) is 22.7. The minimum atomic E-state index is -4.55. The molecule has 1 aromatic rings. The predicted molar refractivity (Wildman–Crippen MR) is 95.4 cm³/mol. The van der Waals surface area contributed by atoms with E-state index in [1.807, 2.05) is 0 Å². The van der Waals surface area contributed by atoms with Gasteiger partial charge in [0.1, 0.15) is 5.82 Å². The molecule has 1 aromatic heterocycles. The molecule has 1 N–H and O–H groups in total. The minimum Gasteiger partial charge on any atom is -0.389 e. The highest BCUT2D eigenvalue weighted by Crippen LogP contribution is 2.41. The Labute approximate surface area is 162 Å². The second kappa shape index (κ2) is 6.97. The lowest BCUT2D eigenvalue weighted by atomic mass is 9.71. The number of aromatic nitrogens is 2. The number of carbonyl (C=O) groups excluding carboxylic acids is 1. The van der Waals surface area contributed by atoms with Crippen LogP contribution in [0.4, 0.5) is 13.2 Å². The Balaban J connectivity index is 1.52. The molecule has 154 valence electrons. The first-order chi connectivity index (χ1) is 13.2. The highest BCUT2D eigenvalue weighted by atomic mass is 19.4. The van der Waals surface area contributed by atoms with Crippen LogP contribution in [0.2, 0.25) is 0 Å². The molecule has 3 unspecified atom stereocenters. The number of alkyl halides is 3. The first-order valence-electron chi connectivity index (χ1n) is 10.1. The van der Waals surface area contributed by atoms with Gasteiger partial charge in [-0.15, -0.1) is 0 Å². The summed E-state index contributed by atoms with van der Waals surface area (Å²) in [5.74, 6) is -0.378. The first-order valence-corrected chi connectivity index (χ1v) is 10.1. The number of hydrogen-bond donors (Lipinski definition) is 1. The summed E-state index contributed by atoms with van der Waals surface area (Å²) >= 11 is 0. The van der Waals surface area contributed by atoms with E-state index in [4.69, 9.17) is 0 Å². The number of carbonyl (C=O) groups is 1. The molecule has 1 amide bonds. The smallest absolute Gasteiger partial charge is 0.389 e. The standard InChI is InChI=1S/C20H26F3N3O2/c1-12-24-16-6-5-13(10-15(16)17(25-12)20(21,22)23)18(27)26-9-8-19(28)7-3-2-4-14(19)11-26/h13-14,28H,2-11H2,1H3. The van der Waals surface area contributed by atoms with Crippen LogP contribution in [-0.4, -0.2) is 44.6 Å². The van der Waals surface area contributed by atoms with Crippen molar-refractivity contribution in [2.45, 2.75) is 70.1 Å². The lowest BCUT2D eigenvalue weighted by molar-refractivity contribution is -0.149. The third-order valence-corrected chi connectivity index (χ3v) is 6.74. The molecule has 2 fully saturated rings. The molecule has 8 heteroatoms. The zero-order valence-electron chi connectivity index (χ0n) is 16.1. The average molecular weight is 397 g/mol. The number of likely N-dealkylation sites (tertiary alicyclic amines) is 1. The Morgan fingerprint density at radius 1 is 1.21 bits per heavy atom. The fourth-order valence-corrected chi connectivity index (χ4v) is 5.21. The van der Waals surface area contributed by atoms with Crippen molar-refractivity contribution in [1.29, 1.82) is 0 Å². The largest absolute Gasteiger partial charge is 0.433 e. The number of amides is 1. The average Bonchev–Trinajstić information content (AvgIpc) is 2.65. The van der Waals surface area contributed by atoms with Crippen molar-refractivity contribution >= 4 is 5.91 Å². The molecule has 1 aliphatic heterocycles. The molecule has 1 saturated heterocycles. The highest BCUT2D eigenvalue weighted by Gasteiger charge is 2.45. The van der Waals surface area contributed by atoms with Crippen molar-refractivity contribution in [2.75, 3.05) is 13.1 Å². The van der Waals surface area contributed by atoms with Gasteiger partial charge in [0.05, 0.1) is 5.60 Å². The molecular weight excluding hydrogens is 371 g/mol. The van der Waals surface area contributed by atoms with E-state index in [2.05, 4.69) is 9.97 Å². The predicted octanol–water partition coefficient (Wildman–Crippen LogP) is 3.06. The normalized spacial score (nSPS) is 30.5. The summed E-state index contributed by atoms with van der Waals surface area (Å²) in [6.07, 6.45) is 0.660. The van der Waals surface area contributed by atoms with Crippen molar-refractivity contribution in [3.63, 3.8) is 0 Å². The van der Waals surface area contributed by atoms with Gasteiger partial charge in [-0.3, -0.25) is 4.79 Å². The van der Waals surface area contributed by atoms with E-state index < -0.39 is 23.4 Å². The van der Waals surface area contributed by atoms with Crippen molar-refractivity contribution < 1.29 is 23.1 Å². The van der Waals surface area contributed by atoms with Crippen LogP contribution in [0.15, 0.2) is 0 Å². The zero-order valence-corrected chi connectivity index (χ0v) is 16.1. The molecular formula is C20H26F3N3O2. The van der Waals surface area contributed by atoms with Crippen molar-refractivity contribution in [3.8, 4) is 0 Å². The SMILES string of the molecule is Cc1nc2c(c(C(F)(F)F)n1)CC(C(=O)N1CCC3(O)CCCCC3C1)CC2. The number of halogens is 3. The molecule has 0 spiro atoms. The molecule has 3 aliphatic rings. The molecule has 5 nitrogen and oxygen atoms in total. The number of nitrogens with zero attached hydrogens (tertiary/aromatic N) is 3. The number of hydrogen-bond acceptors (Lipinski definition) is 4. The van der Waals surface area contributed by atoms with Gasteiger partial charge in [0.2, 0.25) is 5.91 Å². The maximum absolute atomic E-state index is 13.5. The number of piperidine rings is 1. The number of rotatable bonds is 1. The summed E-state index contributed by atoms with van der Waals surface area (Å²) < 4.78 is 40.4. The fourth-order valence-electron chi connectivity index (χ4n) is 5.21. The van der Waals surface area contributed by atoms with Gasteiger partial charge in [-0.25, -0.2) is 9.97 Å². The Kier molecular flexibility index (Phi) is 4.88. The summed E-state index contributed by atoms with van der Waals surface area (Å²) in [5.41, 5.74) is -1.07. The Morgan fingerprint density at radius 2 is 2.00 bits per heavy atom. The summed E-state index contributed by atoms with van der Waals surface area (Å²) in [6, 6.07) is 0. The van der Waals surface area contributed by atoms with Crippen LogP contribution in [-0.2, 0) is 23.8 Å². The minimum absolute atomic E-state index is 0.0364. The number of fused-ring (bicyclic) bond motifs is 2. The van der Waals surface area contributed by atoms with E-state index >= 15 is 0 Å². The van der Waals surface area contributed by atoms with Gasteiger partial charge in [0.15, 0.2) is 5.69 Å². The Bertz CT molecular complexity index is 783. The van der Waals surface area contributed by atoms with Crippen LogP contribution in [0, 0.1) is 18.8 Å². The van der Waals surface area contributed by atoms with Gasteiger partial charge in [0, 0.05) is 36.2 Å². The summed E-state index contributed by atoms with van der Waals surface area (Å²) in [6.45, 7) is 2.45. The van der Waals surface area contributed by atoms with Gasteiger partial charge < -0.3 is 10.0 Å². The van der Waals surface area contributed by atoms with Crippen molar-refractivity contribution in [2.24, 2.45) is 11.8 Å². The topological polar surface area (TPSA) is 66.3 Å². The zero-order chi connectivity index (χ0) is 20.1. The van der Waals surface area contributed by atoms with Crippen LogP contribution in [0.5, 0.6) is 0 Å². The van der Waals surface area contributed by atoms with Gasteiger partial charge in [-0.2, -0.15) is 13.2 Å². The Hall–Kier alpha value is -1.70. The molecule has 1 saturated carbocycles. The van der Waals surface area contributed by atoms with Crippen molar-refractivity contribution in [3.05, 3.63) is 22.8 Å². The number of aliphatic hydroxyl groups is 1. The van der Waals surface area contributed by atoms with Crippen LogP contribution in [0.1, 0.15) is 61.3 Å².